The molecule has 22 heavy (non-hydrogen) atoms. The van der Waals surface area contributed by atoms with Crippen LogP contribution in [-0.4, -0.2) is 29.6 Å². The zero-order valence-electron chi connectivity index (χ0n) is 13.1. The third-order valence-corrected chi connectivity index (χ3v) is 3.79. The molecule has 0 aliphatic rings. The van der Waals surface area contributed by atoms with Crippen molar-refractivity contribution in [3.63, 3.8) is 0 Å². The van der Waals surface area contributed by atoms with Gasteiger partial charge in [0.25, 0.3) is 0 Å². The highest BCUT2D eigenvalue weighted by atomic mass is 35.5. The van der Waals surface area contributed by atoms with E-state index >= 15 is 0 Å². The summed E-state index contributed by atoms with van der Waals surface area (Å²) in [5.41, 5.74) is -0.322. The van der Waals surface area contributed by atoms with Gasteiger partial charge in [-0.05, 0) is 37.5 Å². The molecule has 0 heterocycles. The molecule has 0 saturated carbocycles. The van der Waals surface area contributed by atoms with E-state index in [4.69, 9.17) is 16.3 Å². The van der Waals surface area contributed by atoms with Gasteiger partial charge in [0, 0.05) is 6.42 Å². The van der Waals surface area contributed by atoms with Gasteiger partial charge in [-0.1, -0.05) is 31.0 Å². The van der Waals surface area contributed by atoms with Crippen molar-refractivity contribution in [3.8, 4) is 5.75 Å². The van der Waals surface area contributed by atoms with Gasteiger partial charge in [0.15, 0.2) is 0 Å². The summed E-state index contributed by atoms with van der Waals surface area (Å²) >= 11 is 6.03. The summed E-state index contributed by atoms with van der Waals surface area (Å²) in [5.74, 6) is -0.725. The highest BCUT2D eigenvalue weighted by Crippen LogP contribution is 2.25. The van der Waals surface area contributed by atoms with Gasteiger partial charge in [-0.25, -0.2) is 4.79 Å². The number of aliphatic carboxylic acids is 1. The monoisotopic (exact) mass is 327 g/mol. The third-order valence-electron chi connectivity index (χ3n) is 3.49. The maximum absolute atomic E-state index is 12.0. The topological polar surface area (TPSA) is 75.6 Å². The van der Waals surface area contributed by atoms with Gasteiger partial charge in [-0.2, -0.15) is 0 Å². The molecule has 0 aliphatic carbocycles. The van der Waals surface area contributed by atoms with Crippen LogP contribution in [0.1, 0.15) is 38.7 Å². The van der Waals surface area contributed by atoms with Crippen LogP contribution in [0.4, 0.5) is 0 Å². The number of hydrogen-bond acceptors (Lipinski definition) is 3. The van der Waals surface area contributed by atoms with Crippen LogP contribution in [0.3, 0.4) is 0 Å². The van der Waals surface area contributed by atoms with E-state index in [2.05, 4.69) is 5.32 Å². The van der Waals surface area contributed by atoms with E-state index in [1.54, 1.807) is 12.1 Å². The highest BCUT2D eigenvalue weighted by Gasteiger charge is 2.33. The van der Waals surface area contributed by atoms with Gasteiger partial charge >= 0.3 is 5.97 Å². The number of carbonyl (C=O) groups is 2. The highest BCUT2D eigenvalue weighted by molar-refractivity contribution is 6.32. The Morgan fingerprint density at radius 2 is 2.09 bits per heavy atom. The minimum Gasteiger partial charge on any atom is -0.495 e. The molecule has 1 aromatic rings. The minimum absolute atomic E-state index is 0.204. The summed E-state index contributed by atoms with van der Waals surface area (Å²) in [4.78, 5) is 23.3. The number of aryl methyl sites for hydroxylation is 1. The summed E-state index contributed by atoms with van der Waals surface area (Å²) in [6.45, 7) is 3.41. The fourth-order valence-electron chi connectivity index (χ4n) is 2.22. The molecule has 0 saturated heterocycles. The van der Waals surface area contributed by atoms with Crippen molar-refractivity contribution in [1.82, 2.24) is 5.32 Å². The van der Waals surface area contributed by atoms with E-state index in [0.717, 1.165) is 5.56 Å². The molecule has 1 amide bonds. The van der Waals surface area contributed by atoms with Gasteiger partial charge in [-0.15, -0.1) is 0 Å². The predicted molar refractivity (Wildman–Crippen MR) is 85.4 cm³/mol. The molecule has 0 radical (unpaired) electrons. The van der Waals surface area contributed by atoms with Crippen LogP contribution < -0.4 is 10.1 Å². The van der Waals surface area contributed by atoms with E-state index in [0.29, 0.717) is 30.0 Å². The maximum Gasteiger partial charge on any atom is 0.329 e. The van der Waals surface area contributed by atoms with Gasteiger partial charge in [0.05, 0.1) is 12.1 Å². The normalized spacial score (nSPS) is 13.3. The summed E-state index contributed by atoms with van der Waals surface area (Å²) in [6, 6.07) is 5.32. The fraction of sp³-hybridized carbons (Fsp3) is 0.500. The molecule has 0 bridgehead atoms. The molecule has 1 aromatic carbocycles. The van der Waals surface area contributed by atoms with Crippen molar-refractivity contribution in [3.05, 3.63) is 28.8 Å². The van der Waals surface area contributed by atoms with Gasteiger partial charge in [-0.3, -0.25) is 4.79 Å². The molecule has 0 fully saturated rings. The van der Waals surface area contributed by atoms with Crippen LogP contribution in [-0.2, 0) is 16.0 Å². The summed E-state index contributed by atoms with van der Waals surface area (Å²) in [6.07, 6.45) is 1.76. The number of benzene rings is 1. The van der Waals surface area contributed by atoms with Crippen molar-refractivity contribution in [1.29, 1.82) is 0 Å². The van der Waals surface area contributed by atoms with Crippen molar-refractivity contribution < 1.29 is 19.4 Å². The Bertz CT molecular complexity index is 547. The average Bonchev–Trinajstić information content (AvgIpc) is 2.45. The molecule has 2 N–H and O–H groups in total. The van der Waals surface area contributed by atoms with Gasteiger partial charge in [0.1, 0.15) is 11.3 Å². The predicted octanol–water partition coefficient (Wildman–Crippen LogP) is 3.04. The number of amides is 1. The summed E-state index contributed by atoms with van der Waals surface area (Å²) in [5, 5.41) is 12.3. The number of nitrogens with one attached hydrogen (secondary N) is 1. The number of ether oxygens (including phenoxy) is 1. The van der Waals surface area contributed by atoms with Gasteiger partial charge < -0.3 is 15.2 Å². The molecule has 1 atom stereocenters. The second-order valence-electron chi connectivity index (χ2n) is 5.40. The van der Waals surface area contributed by atoms with Crippen LogP contribution in [0.5, 0.6) is 5.75 Å². The molecular formula is C16H22ClNO4. The lowest BCUT2D eigenvalue weighted by Crippen LogP contribution is -2.52. The molecule has 0 spiro atoms. The zero-order valence-corrected chi connectivity index (χ0v) is 13.9. The zero-order chi connectivity index (χ0) is 16.8. The fourth-order valence-corrected chi connectivity index (χ4v) is 2.50. The first-order valence-corrected chi connectivity index (χ1v) is 7.57. The molecule has 5 nitrogen and oxygen atoms in total. The SMILES string of the molecule is CCCC(C)(NC(=O)CCc1ccc(OC)c(Cl)c1)C(=O)O. The first-order chi connectivity index (χ1) is 10.3. The van der Waals surface area contributed by atoms with Crippen molar-refractivity contribution in [2.75, 3.05) is 7.11 Å². The number of rotatable bonds is 8. The first kappa shape index (κ1) is 18.3. The summed E-state index contributed by atoms with van der Waals surface area (Å²) < 4.78 is 5.07. The molecule has 1 unspecified atom stereocenters. The molecule has 122 valence electrons. The van der Waals surface area contributed by atoms with Crippen LogP contribution in [0.25, 0.3) is 0 Å². The van der Waals surface area contributed by atoms with Gasteiger partial charge in [0.2, 0.25) is 5.91 Å². The average molecular weight is 328 g/mol. The van der Waals surface area contributed by atoms with Crippen molar-refractivity contribution in [2.24, 2.45) is 0 Å². The molecular weight excluding hydrogens is 306 g/mol. The van der Waals surface area contributed by atoms with Crippen LogP contribution in [0, 0.1) is 0 Å². The van der Waals surface area contributed by atoms with Crippen molar-refractivity contribution in [2.45, 2.75) is 45.1 Å². The Labute approximate surface area is 135 Å². The van der Waals surface area contributed by atoms with E-state index in [1.807, 2.05) is 13.0 Å². The second-order valence-corrected chi connectivity index (χ2v) is 5.81. The molecule has 0 aromatic heterocycles. The number of hydrogen-bond donors (Lipinski definition) is 2. The number of carboxylic acid groups (broad SMARTS) is 1. The Morgan fingerprint density at radius 1 is 1.41 bits per heavy atom. The quantitative estimate of drug-likeness (QED) is 0.769. The lowest BCUT2D eigenvalue weighted by atomic mass is 9.96. The van der Waals surface area contributed by atoms with Crippen molar-refractivity contribution >= 4 is 23.5 Å². The molecule has 1 rings (SSSR count). The van der Waals surface area contributed by atoms with E-state index in [-0.39, 0.29) is 12.3 Å². The first-order valence-electron chi connectivity index (χ1n) is 7.19. The third kappa shape index (κ3) is 4.91. The number of carbonyl (C=O) groups excluding carboxylic acids is 1. The standard InChI is InChI=1S/C16H22ClNO4/c1-4-9-16(2,15(20)21)18-14(19)8-6-11-5-7-13(22-3)12(17)10-11/h5,7,10H,4,6,8-9H2,1-3H3,(H,18,19)(H,20,21). The van der Waals surface area contributed by atoms with Crippen LogP contribution >= 0.6 is 11.6 Å². The lowest BCUT2D eigenvalue weighted by molar-refractivity contribution is -0.147. The smallest absolute Gasteiger partial charge is 0.329 e. The van der Waals surface area contributed by atoms with Crippen LogP contribution in [0.2, 0.25) is 5.02 Å². The van der Waals surface area contributed by atoms with E-state index in [9.17, 15) is 14.7 Å². The minimum atomic E-state index is -1.22. The number of methoxy groups -OCH3 is 1. The molecule has 0 aliphatic heterocycles. The lowest BCUT2D eigenvalue weighted by Gasteiger charge is -2.25. The molecule has 6 heteroatoms. The Balaban J connectivity index is 2.62. The second kappa shape index (κ2) is 8.03. The van der Waals surface area contributed by atoms with E-state index in [1.165, 1.54) is 14.0 Å². The maximum atomic E-state index is 12.0. The van der Waals surface area contributed by atoms with Crippen LogP contribution in [0.15, 0.2) is 18.2 Å². The largest absolute Gasteiger partial charge is 0.495 e. The Morgan fingerprint density at radius 3 is 2.59 bits per heavy atom. The van der Waals surface area contributed by atoms with E-state index < -0.39 is 11.5 Å². The number of carboxylic acids is 1. The Kier molecular flexibility index (Phi) is 6.68. The Hall–Kier alpha value is -1.75. The summed E-state index contributed by atoms with van der Waals surface area (Å²) in [7, 11) is 1.54. The number of halogens is 1.